The highest BCUT2D eigenvalue weighted by Crippen LogP contribution is 2.48. The summed E-state index contributed by atoms with van der Waals surface area (Å²) in [6.45, 7) is 9.71. The largest absolute Gasteiger partial charge is 0.488 e. The van der Waals surface area contributed by atoms with Crippen LogP contribution in [-0.2, 0) is 4.79 Å². The smallest absolute Gasteiger partial charge is 0.303 e. The minimum atomic E-state index is -0.852. The van der Waals surface area contributed by atoms with Crippen molar-refractivity contribution in [1.29, 1.82) is 0 Å². The molecule has 2 aliphatic heterocycles. The highest BCUT2D eigenvalue weighted by atomic mass is 16.5. The van der Waals surface area contributed by atoms with Gasteiger partial charge >= 0.3 is 5.97 Å². The number of benzene rings is 1. The van der Waals surface area contributed by atoms with Gasteiger partial charge in [0.15, 0.2) is 5.78 Å². The van der Waals surface area contributed by atoms with E-state index in [1.807, 2.05) is 52.8 Å². The van der Waals surface area contributed by atoms with Gasteiger partial charge < -0.3 is 14.6 Å². The minimum absolute atomic E-state index is 0.00751. The number of hydrogen-bond acceptors (Lipinski definition) is 4. The van der Waals surface area contributed by atoms with Crippen LogP contribution in [0.3, 0.4) is 0 Å². The number of carbonyl (C=O) groups is 2. The molecule has 27 heavy (non-hydrogen) atoms. The Bertz CT molecular complexity index is 805. The number of fused-ring (bicyclic) bond motifs is 3. The van der Waals surface area contributed by atoms with E-state index in [0.717, 1.165) is 17.5 Å². The molecule has 0 saturated heterocycles. The van der Waals surface area contributed by atoms with Crippen molar-refractivity contribution in [2.75, 3.05) is 0 Å². The molecule has 1 aromatic rings. The monoisotopic (exact) mass is 372 g/mol. The molecule has 0 radical (unpaired) electrons. The molecule has 3 rings (SSSR count). The van der Waals surface area contributed by atoms with Crippen molar-refractivity contribution in [1.82, 2.24) is 0 Å². The lowest BCUT2D eigenvalue weighted by Crippen LogP contribution is -2.35. The molecular formula is C22H28O5. The third-order valence-electron chi connectivity index (χ3n) is 5.50. The molecule has 2 aliphatic rings. The van der Waals surface area contributed by atoms with Crippen LogP contribution in [0.4, 0.5) is 0 Å². The zero-order valence-electron chi connectivity index (χ0n) is 16.7. The highest BCUT2D eigenvalue weighted by Gasteiger charge is 2.38. The molecule has 1 unspecified atom stereocenters. The fourth-order valence-corrected chi connectivity index (χ4v) is 3.82. The van der Waals surface area contributed by atoms with Crippen LogP contribution >= 0.6 is 0 Å². The van der Waals surface area contributed by atoms with Gasteiger partial charge in [-0.1, -0.05) is 20.3 Å². The lowest BCUT2D eigenvalue weighted by atomic mass is 9.82. The average molecular weight is 372 g/mol. The topological polar surface area (TPSA) is 72.8 Å². The quantitative estimate of drug-likeness (QED) is 0.801. The predicted molar refractivity (Wildman–Crippen MR) is 104 cm³/mol. The van der Waals surface area contributed by atoms with Crippen molar-refractivity contribution in [2.45, 2.75) is 71.5 Å². The number of hydrogen-bond donors (Lipinski definition) is 1. The molecule has 1 aromatic carbocycles. The molecule has 5 heteroatoms. The summed E-state index contributed by atoms with van der Waals surface area (Å²) in [4.78, 5) is 24.4. The Balaban J connectivity index is 2.23. The number of rotatable bonds is 5. The number of ketones is 1. The van der Waals surface area contributed by atoms with E-state index < -0.39 is 11.6 Å². The van der Waals surface area contributed by atoms with Gasteiger partial charge in [-0.25, -0.2) is 0 Å². The molecular weight excluding hydrogens is 344 g/mol. The predicted octanol–water partition coefficient (Wildman–Crippen LogP) is 4.83. The number of aliphatic carboxylic acids is 1. The Morgan fingerprint density at radius 3 is 2.63 bits per heavy atom. The SMILES string of the molecule is CCCC(CC(=O)O)c1cc2c(c3c1OC(C)(C)C=C3)O[C@H](C)[C@H](C)C2=O. The van der Waals surface area contributed by atoms with Crippen molar-refractivity contribution in [2.24, 2.45) is 5.92 Å². The van der Waals surface area contributed by atoms with Crippen LogP contribution in [0.15, 0.2) is 12.1 Å². The number of carboxylic acids is 1. The summed E-state index contributed by atoms with van der Waals surface area (Å²) in [5.74, 6) is -0.0578. The Labute approximate surface area is 160 Å². The Hall–Kier alpha value is -2.30. The van der Waals surface area contributed by atoms with Crippen LogP contribution in [-0.4, -0.2) is 28.6 Å². The lowest BCUT2D eigenvalue weighted by molar-refractivity contribution is -0.137. The van der Waals surface area contributed by atoms with Gasteiger partial charge in [0.25, 0.3) is 0 Å². The summed E-state index contributed by atoms with van der Waals surface area (Å²) >= 11 is 0. The normalized spacial score (nSPS) is 23.7. The second-order valence-electron chi connectivity index (χ2n) is 8.18. The first kappa shape index (κ1) is 19.5. The van der Waals surface area contributed by atoms with Crippen molar-refractivity contribution in [3.05, 3.63) is 28.8 Å². The molecule has 0 amide bonds. The van der Waals surface area contributed by atoms with Crippen molar-refractivity contribution in [3.8, 4) is 11.5 Å². The Morgan fingerprint density at radius 1 is 1.30 bits per heavy atom. The fraction of sp³-hybridized carbons (Fsp3) is 0.545. The van der Waals surface area contributed by atoms with Gasteiger partial charge in [-0.15, -0.1) is 0 Å². The maximum absolute atomic E-state index is 12.9. The van der Waals surface area contributed by atoms with Gasteiger partial charge in [0.2, 0.25) is 0 Å². The Morgan fingerprint density at radius 2 is 2.00 bits per heavy atom. The van der Waals surface area contributed by atoms with Gasteiger partial charge in [-0.2, -0.15) is 0 Å². The molecule has 0 aliphatic carbocycles. The van der Waals surface area contributed by atoms with E-state index in [9.17, 15) is 14.7 Å². The minimum Gasteiger partial charge on any atom is -0.488 e. The van der Waals surface area contributed by atoms with Crippen molar-refractivity contribution < 1.29 is 24.2 Å². The third-order valence-corrected chi connectivity index (χ3v) is 5.50. The molecule has 1 N–H and O–H groups in total. The summed E-state index contributed by atoms with van der Waals surface area (Å²) in [5, 5.41) is 9.40. The second kappa shape index (κ2) is 7.02. The molecule has 146 valence electrons. The van der Waals surface area contributed by atoms with Crippen molar-refractivity contribution >= 4 is 17.8 Å². The number of carboxylic acid groups (broad SMARTS) is 1. The van der Waals surface area contributed by atoms with Crippen LogP contribution < -0.4 is 9.47 Å². The zero-order chi connectivity index (χ0) is 19.9. The van der Waals surface area contributed by atoms with Crippen LogP contribution in [0, 0.1) is 5.92 Å². The van der Waals surface area contributed by atoms with Crippen LogP contribution in [0.25, 0.3) is 6.08 Å². The summed E-state index contributed by atoms with van der Waals surface area (Å²) in [7, 11) is 0. The molecule has 2 heterocycles. The van der Waals surface area contributed by atoms with E-state index in [1.54, 1.807) is 0 Å². The molecule has 0 saturated carbocycles. The van der Waals surface area contributed by atoms with Crippen LogP contribution in [0.1, 0.15) is 81.3 Å². The molecule has 0 aromatic heterocycles. The van der Waals surface area contributed by atoms with E-state index in [0.29, 0.717) is 23.5 Å². The summed E-state index contributed by atoms with van der Waals surface area (Å²) in [6, 6.07) is 1.82. The van der Waals surface area contributed by atoms with E-state index in [-0.39, 0.29) is 30.1 Å². The standard InChI is InChI=1S/C22H28O5/c1-6-7-14(10-18(23)24)16-11-17-19(25)12(2)13(3)26-20(17)15-8-9-22(4,5)27-21(15)16/h8-9,11-14H,6-7,10H2,1-5H3,(H,23,24)/t12-,13+,14?/m0/s1. The number of carbonyl (C=O) groups excluding carboxylic acids is 1. The van der Waals surface area contributed by atoms with Gasteiger partial charge in [0, 0.05) is 0 Å². The molecule has 0 fully saturated rings. The average Bonchev–Trinajstić information content (AvgIpc) is 2.57. The highest BCUT2D eigenvalue weighted by molar-refractivity contribution is 6.03. The summed E-state index contributed by atoms with van der Waals surface area (Å²) in [5.41, 5.74) is 1.58. The Kier molecular flexibility index (Phi) is 5.06. The van der Waals surface area contributed by atoms with E-state index >= 15 is 0 Å². The molecule has 0 spiro atoms. The summed E-state index contributed by atoms with van der Waals surface area (Å²) in [6.07, 6.45) is 5.25. The van der Waals surface area contributed by atoms with Crippen LogP contribution in [0.5, 0.6) is 11.5 Å². The van der Waals surface area contributed by atoms with Gasteiger partial charge in [-0.05, 0) is 56.9 Å². The molecule has 0 bridgehead atoms. The van der Waals surface area contributed by atoms with Crippen LogP contribution in [0.2, 0.25) is 0 Å². The van der Waals surface area contributed by atoms with Gasteiger partial charge in [0.1, 0.15) is 23.2 Å². The maximum atomic E-state index is 12.9. The number of Topliss-reactive ketones (excluding diaryl/α,β-unsaturated/α-hetero) is 1. The first-order valence-corrected chi connectivity index (χ1v) is 9.66. The van der Waals surface area contributed by atoms with Gasteiger partial charge in [-0.3, -0.25) is 9.59 Å². The number of ether oxygens (including phenoxy) is 2. The first-order valence-electron chi connectivity index (χ1n) is 9.66. The second-order valence-corrected chi connectivity index (χ2v) is 8.18. The van der Waals surface area contributed by atoms with Gasteiger partial charge in [0.05, 0.1) is 23.5 Å². The van der Waals surface area contributed by atoms with Crippen molar-refractivity contribution in [3.63, 3.8) is 0 Å². The fourth-order valence-electron chi connectivity index (χ4n) is 3.82. The first-order chi connectivity index (χ1) is 12.6. The van der Waals surface area contributed by atoms with E-state index in [4.69, 9.17) is 9.47 Å². The van der Waals surface area contributed by atoms with E-state index in [2.05, 4.69) is 0 Å². The van der Waals surface area contributed by atoms with E-state index in [1.165, 1.54) is 0 Å². The zero-order valence-corrected chi connectivity index (χ0v) is 16.7. The molecule has 5 nitrogen and oxygen atoms in total. The maximum Gasteiger partial charge on any atom is 0.303 e. The summed E-state index contributed by atoms with van der Waals surface area (Å²) < 4.78 is 12.3. The molecule has 3 atom stereocenters. The third kappa shape index (κ3) is 3.60. The lowest BCUT2D eigenvalue weighted by Gasteiger charge is -2.36.